The third-order valence-corrected chi connectivity index (χ3v) is 1.80. The van der Waals surface area contributed by atoms with Crippen molar-refractivity contribution >= 4 is 16.9 Å². The summed E-state index contributed by atoms with van der Waals surface area (Å²) in [6, 6.07) is 3.55. The maximum Gasteiger partial charge on any atom is 0.183 e. The van der Waals surface area contributed by atoms with E-state index in [9.17, 15) is 0 Å². The molecule has 0 aliphatic carbocycles. The molecule has 7 nitrogen and oxygen atoms in total. The number of rotatable bonds is 2. The molecule has 0 unspecified atom stereocenters. The lowest BCUT2D eigenvalue weighted by molar-refractivity contribution is 0.979. The molecule has 14 heavy (non-hydrogen) atoms. The summed E-state index contributed by atoms with van der Waals surface area (Å²) in [5, 5.41) is 10.7. The van der Waals surface area contributed by atoms with Crippen molar-refractivity contribution in [3.63, 3.8) is 0 Å². The first-order chi connectivity index (χ1) is 6.81. The third kappa shape index (κ3) is 1.32. The average molecular weight is 189 g/mol. The number of aromatic amines is 1. The van der Waals surface area contributed by atoms with Crippen molar-refractivity contribution in [2.45, 2.75) is 6.54 Å². The Morgan fingerprint density at radius 3 is 3.21 bits per heavy atom. The van der Waals surface area contributed by atoms with Gasteiger partial charge in [-0.05, 0) is 17.7 Å². The lowest BCUT2D eigenvalue weighted by Crippen LogP contribution is -1.88. The summed E-state index contributed by atoms with van der Waals surface area (Å²) >= 11 is 0. The lowest BCUT2D eigenvalue weighted by Gasteiger charge is -1.93. The van der Waals surface area contributed by atoms with E-state index >= 15 is 0 Å². The molecule has 0 spiro atoms. The zero-order valence-electron chi connectivity index (χ0n) is 7.18. The fourth-order valence-corrected chi connectivity index (χ4v) is 1.15. The molecule has 2 rings (SSSR count). The van der Waals surface area contributed by atoms with Gasteiger partial charge in [-0.15, -0.1) is 0 Å². The minimum Gasteiger partial charge on any atom is -0.384 e. The summed E-state index contributed by atoms with van der Waals surface area (Å²) in [5.74, 6) is 0.489. The van der Waals surface area contributed by atoms with E-state index in [0.717, 1.165) is 5.39 Å². The van der Waals surface area contributed by atoms with Gasteiger partial charge in [0.2, 0.25) is 0 Å². The van der Waals surface area contributed by atoms with Crippen LogP contribution in [0, 0.1) is 0 Å². The van der Waals surface area contributed by atoms with Crippen molar-refractivity contribution in [1.82, 2.24) is 15.2 Å². The molecule has 0 saturated carbocycles. The third-order valence-electron chi connectivity index (χ3n) is 1.80. The predicted octanol–water partition coefficient (Wildman–Crippen LogP) is 1.35. The van der Waals surface area contributed by atoms with Crippen LogP contribution in [0.3, 0.4) is 0 Å². The summed E-state index contributed by atoms with van der Waals surface area (Å²) in [5.41, 5.74) is 14.9. The monoisotopic (exact) mass is 189 g/mol. The maximum atomic E-state index is 8.13. The first kappa shape index (κ1) is 8.33. The molecule has 0 aliphatic heterocycles. The van der Waals surface area contributed by atoms with Gasteiger partial charge in [-0.3, -0.25) is 5.10 Å². The molecule has 0 fully saturated rings. The zero-order valence-corrected chi connectivity index (χ0v) is 7.18. The number of hydrogen-bond acceptors (Lipinski definition) is 4. The Kier molecular flexibility index (Phi) is 1.92. The maximum absolute atomic E-state index is 8.13. The second-order valence-electron chi connectivity index (χ2n) is 2.70. The van der Waals surface area contributed by atoms with Crippen molar-refractivity contribution in [2.24, 2.45) is 5.11 Å². The summed E-state index contributed by atoms with van der Waals surface area (Å²) < 4.78 is 0. The Morgan fingerprint density at radius 1 is 1.57 bits per heavy atom. The number of H-pyrrole nitrogens is 1. The normalized spacial score (nSPS) is 10.0. The molecular formula is C7H7N7. The molecule has 0 aromatic carbocycles. The van der Waals surface area contributed by atoms with Crippen LogP contribution in [0.1, 0.15) is 5.69 Å². The van der Waals surface area contributed by atoms with E-state index < -0.39 is 0 Å². The summed E-state index contributed by atoms with van der Waals surface area (Å²) in [7, 11) is 0. The van der Waals surface area contributed by atoms with Crippen molar-refractivity contribution in [3.8, 4) is 0 Å². The first-order valence-corrected chi connectivity index (χ1v) is 3.91. The van der Waals surface area contributed by atoms with E-state index in [4.69, 9.17) is 11.3 Å². The number of aromatic nitrogens is 3. The van der Waals surface area contributed by atoms with E-state index in [1.165, 1.54) is 0 Å². The van der Waals surface area contributed by atoms with Crippen LogP contribution in [0.15, 0.2) is 17.2 Å². The summed E-state index contributed by atoms with van der Waals surface area (Å²) in [4.78, 5) is 6.79. The number of nitrogens with two attached hydrogens (primary N) is 1. The zero-order chi connectivity index (χ0) is 9.97. The van der Waals surface area contributed by atoms with Gasteiger partial charge in [0.1, 0.15) is 5.82 Å². The number of hydrogen-bond donors (Lipinski definition) is 2. The number of fused-ring (bicyclic) bond motifs is 1. The molecule has 2 heterocycles. The van der Waals surface area contributed by atoms with Crippen LogP contribution in [0.5, 0.6) is 0 Å². The largest absolute Gasteiger partial charge is 0.384 e. The molecule has 0 amide bonds. The lowest BCUT2D eigenvalue weighted by atomic mass is 10.3. The van der Waals surface area contributed by atoms with Crippen LogP contribution >= 0.6 is 0 Å². The van der Waals surface area contributed by atoms with Gasteiger partial charge >= 0.3 is 0 Å². The first-order valence-electron chi connectivity index (χ1n) is 3.91. The minimum atomic E-state index is 0.221. The van der Waals surface area contributed by atoms with Gasteiger partial charge in [0, 0.05) is 10.6 Å². The Morgan fingerprint density at radius 2 is 2.43 bits per heavy atom. The highest BCUT2D eigenvalue weighted by Crippen LogP contribution is 2.15. The quantitative estimate of drug-likeness (QED) is 0.421. The second-order valence-corrected chi connectivity index (χ2v) is 2.70. The predicted molar refractivity (Wildman–Crippen MR) is 51.2 cm³/mol. The van der Waals surface area contributed by atoms with Crippen molar-refractivity contribution < 1.29 is 0 Å². The second kappa shape index (κ2) is 3.23. The highest BCUT2D eigenvalue weighted by molar-refractivity contribution is 5.85. The van der Waals surface area contributed by atoms with Crippen LogP contribution < -0.4 is 5.73 Å². The highest BCUT2D eigenvalue weighted by Gasteiger charge is 2.03. The van der Waals surface area contributed by atoms with Gasteiger partial charge in [-0.2, -0.15) is 5.10 Å². The highest BCUT2D eigenvalue weighted by atomic mass is 15.2. The van der Waals surface area contributed by atoms with Gasteiger partial charge in [-0.25, -0.2) is 4.98 Å². The number of pyridine rings is 1. The van der Waals surface area contributed by atoms with E-state index in [2.05, 4.69) is 25.2 Å². The van der Waals surface area contributed by atoms with E-state index in [1.54, 1.807) is 12.1 Å². The Bertz CT molecular complexity index is 508. The Hall–Kier alpha value is -2.27. The van der Waals surface area contributed by atoms with Crippen LogP contribution in [-0.4, -0.2) is 15.2 Å². The number of nitrogens with zero attached hydrogens (tertiary/aromatic N) is 5. The molecule has 2 aromatic rings. The van der Waals surface area contributed by atoms with E-state index in [-0.39, 0.29) is 6.54 Å². The fourth-order valence-electron chi connectivity index (χ4n) is 1.15. The molecule has 3 N–H and O–H groups in total. The number of nitrogen functional groups attached to an aromatic ring is 1. The van der Waals surface area contributed by atoms with Gasteiger partial charge in [0.25, 0.3) is 0 Å². The molecule has 0 saturated heterocycles. The standard InChI is InChI=1S/C7H7N7/c8-6-5-2-1-4(3-10-14-9)11-7(5)13-12-6/h1-2H,3H2,(H3,8,11,12,13). The topological polar surface area (TPSA) is 116 Å². The molecule has 0 aliphatic rings. The summed E-state index contributed by atoms with van der Waals surface area (Å²) in [6.07, 6.45) is 0. The van der Waals surface area contributed by atoms with Gasteiger partial charge < -0.3 is 5.73 Å². The molecule has 0 radical (unpaired) electrons. The summed E-state index contributed by atoms with van der Waals surface area (Å²) in [6.45, 7) is 0.221. The van der Waals surface area contributed by atoms with E-state index in [1.807, 2.05) is 0 Å². The van der Waals surface area contributed by atoms with Crippen LogP contribution in [0.4, 0.5) is 5.82 Å². The minimum absolute atomic E-state index is 0.221. The fraction of sp³-hybridized carbons (Fsp3) is 0.143. The molecule has 70 valence electrons. The van der Waals surface area contributed by atoms with Crippen molar-refractivity contribution in [3.05, 3.63) is 28.3 Å². The van der Waals surface area contributed by atoms with Crippen molar-refractivity contribution in [2.75, 3.05) is 5.73 Å². The molecule has 0 atom stereocenters. The van der Waals surface area contributed by atoms with Crippen molar-refractivity contribution in [1.29, 1.82) is 0 Å². The number of nitrogens with one attached hydrogen (secondary N) is 1. The smallest absolute Gasteiger partial charge is 0.183 e. The van der Waals surface area contributed by atoms with Gasteiger partial charge in [0.15, 0.2) is 5.65 Å². The van der Waals surface area contributed by atoms with Crippen LogP contribution in [0.25, 0.3) is 21.5 Å². The van der Waals surface area contributed by atoms with Gasteiger partial charge in [0.05, 0.1) is 11.9 Å². The SMILES string of the molecule is [N-]=[N+]=NCc1ccc2c(N)[nH]nc2n1. The van der Waals surface area contributed by atoms with E-state index in [0.29, 0.717) is 17.2 Å². The molecule has 2 aromatic heterocycles. The Balaban J connectivity index is 2.46. The Labute approximate surface area is 78.6 Å². The van der Waals surface area contributed by atoms with Crippen LogP contribution in [-0.2, 0) is 6.54 Å². The molecular weight excluding hydrogens is 182 g/mol. The van der Waals surface area contributed by atoms with Gasteiger partial charge in [-0.1, -0.05) is 5.11 Å². The average Bonchev–Trinajstić information content (AvgIpc) is 2.57. The molecule has 7 heteroatoms. The van der Waals surface area contributed by atoms with Crippen LogP contribution in [0.2, 0.25) is 0 Å². The molecule has 0 bridgehead atoms. The number of anilines is 1. The number of azide groups is 1.